The van der Waals surface area contributed by atoms with Crippen LogP contribution in [0.15, 0.2) is 30.3 Å². The van der Waals surface area contributed by atoms with Crippen molar-refractivity contribution < 1.29 is 9.90 Å². The second-order valence-electron chi connectivity index (χ2n) is 5.81. The number of benzene rings is 1. The molecule has 4 nitrogen and oxygen atoms in total. The van der Waals surface area contributed by atoms with E-state index in [-0.39, 0.29) is 0 Å². The summed E-state index contributed by atoms with van der Waals surface area (Å²) in [5, 5.41) is 9.91. The Hall–Kier alpha value is -2.36. The first-order valence-electron chi connectivity index (χ1n) is 8.26. The quantitative estimate of drug-likeness (QED) is 0.913. The van der Waals surface area contributed by atoms with Gasteiger partial charge in [-0.2, -0.15) is 0 Å². The van der Waals surface area contributed by atoms with Gasteiger partial charge in [0, 0.05) is 24.3 Å². The van der Waals surface area contributed by atoms with E-state index in [1.807, 2.05) is 49.1 Å². The first-order chi connectivity index (χ1) is 11.2. The molecule has 1 aromatic carbocycles. The zero-order valence-electron chi connectivity index (χ0n) is 13.7. The molecule has 0 aliphatic heterocycles. The SMILES string of the molecule is CCN(CC)c1nc2c(c(-c3ccccc3)c1C(=O)O)CCC2. The molecule has 0 atom stereocenters. The van der Waals surface area contributed by atoms with E-state index in [1.165, 1.54) is 0 Å². The van der Waals surface area contributed by atoms with E-state index in [1.54, 1.807) is 0 Å². The fourth-order valence-corrected chi connectivity index (χ4v) is 3.44. The summed E-state index contributed by atoms with van der Waals surface area (Å²) in [6.07, 6.45) is 2.89. The highest BCUT2D eigenvalue weighted by molar-refractivity contribution is 6.02. The Labute approximate surface area is 136 Å². The highest BCUT2D eigenvalue weighted by Crippen LogP contribution is 2.38. The van der Waals surface area contributed by atoms with Gasteiger partial charge >= 0.3 is 5.97 Å². The fraction of sp³-hybridized carbons (Fsp3) is 0.368. The maximum atomic E-state index is 12.1. The first kappa shape index (κ1) is 15.5. The third-order valence-electron chi connectivity index (χ3n) is 4.54. The zero-order chi connectivity index (χ0) is 16.4. The molecule has 1 N–H and O–H groups in total. The summed E-state index contributed by atoms with van der Waals surface area (Å²) in [6.45, 7) is 5.56. The number of hydrogen-bond donors (Lipinski definition) is 1. The lowest BCUT2D eigenvalue weighted by molar-refractivity contribution is 0.0698. The van der Waals surface area contributed by atoms with Crippen LogP contribution in [0.3, 0.4) is 0 Å². The van der Waals surface area contributed by atoms with Crippen molar-refractivity contribution in [1.29, 1.82) is 0 Å². The van der Waals surface area contributed by atoms with Crippen LogP contribution in [0.5, 0.6) is 0 Å². The average Bonchev–Trinajstić information content (AvgIpc) is 3.03. The van der Waals surface area contributed by atoms with Crippen LogP contribution in [-0.2, 0) is 12.8 Å². The van der Waals surface area contributed by atoms with Crippen molar-refractivity contribution in [3.05, 3.63) is 47.2 Å². The first-order valence-corrected chi connectivity index (χ1v) is 8.26. The molecule has 120 valence electrons. The number of aryl methyl sites for hydroxylation is 1. The summed E-state index contributed by atoms with van der Waals surface area (Å²) in [7, 11) is 0. The predicted octanol–water partition coefficient (Wildman–Crippen LogP) is 3.78. The highest BCUT2D eigenvalue weighted by atomic mass is 16.4. The number of aromatic nitrogens is 1. The van der Waals surface area contributed by atoms with Gasteiger partial charge in [-0.3, -0.25) is 0 Å². The molecule has 0 fully saturated rings. The Bertz CT molecular complexity index is 722. The molecule has 0 spiro atoms. The van der Waals surface area contributed by atoms with Crippen LogP contribution in [0, 0.1) is 0 Å². The summed E-state index contributed by atoms with van der Waals surface area (Å²) < 4.78 is 0. The molecule has 3 rings (SSSR count). The molecule has 1 aliphatic rings. The number of carbonyl (C=O) groups is 1. The number of hydrogen-bond acceptors (Lipinski definition) is 3. The molecule has 0 unspecified atom stereocenters. The summed E-state index contributed by atoms with van der Waals surface area (Å²) in [5.41, 5.74) is 4.36. The van der Waals surface area contributed by atoms with Gasteiger partial charge in [0.2, 0.25) is 0 Å². The normalized spacial score (nSPS) is 13.0. The second kappa shape index (κ2) is 6.41. The highest BCUT2D eigenvalue weighted by Gasteiger charge is 2.28. The maximum absolute atomic E-state index is 12.1. The van der Waals surface area contributed by atoms with Gasteiger partial charge in [-0.05, 0) is 44.2 Å². The van der Waals surface area contributed by atoms with E-state index < -0.39 is 5.97 Å². The molecule has 0 amide bonds. The molecular formula is C19H22N2O2. The average molecular weight is 310 g/mol. The van der Waals surface area contributed by atoms with Crippen LogP contribution in [0.25, 0.3) is 11.1 Å². The molecule has 4 heteroatoms. The molecular weight excluding hydrogens is 288 g/mol. The van der Waals surface area contributed by atoms with Gasteiger partial charge in [-0.15, -0.1) is 0 Å². The number of rotatable bonds is 5. The fourth-order valence-electron chi connectivity index (χ4n) is 3.44. The molecule has 0 bridgehead atoms. The Balaban J connectivity index is 2.34. The lowest BCUT2D eigenvalue weighted by Crippen LogP contribution is -2.26. The van der Waals surface area contributed by atoms with Gasteiger partial charge in [0.25, 0.3) is 0 Å². The predicted molar refractivity (Wildman–Crippen MR) is 92.2 cm³/mol. The molecule has 1 aromatic heterocycles. The van der Waals surface area contributed by atoms with Gasteiger partial charge < -0.3 is 10.0 Å². The molecule has 1 heterocycles. The van der Waals surface area contributed by atoms with E-state index in [0.717, 1.165) is 54.7 Å². The molecule has 0 saturated carbocycles. The van der Waals surface area contributed by atoms with Crippen LogP contribution in [0.2, 0.25) is 0 Å². The van der Waals surface area contributed by atoms with E-state index in [4.69, 9.17) is 4.98 Å². The zero-order valence-corrected chi connectivity index (χ0v) is 13.7. The minimum absolute atomic E-state index is 0.348. The van der Waals surface area contributed by atoms with E-state index in [2.05, 4.69) is 0 Å². The number of anilines is 1. The summed E-state index contributed by atoms with van der Waals surface area (Å²) in [5.74, 6) is -0.282. The minimum atomic E-state index is -0.895. The Morgan fingerprint density at radius 3 is 2.48 bits per heavy atom. The number of nitrogens with zero attached hydrogens (tertiary/aromatic N) is 2. The Kier molecular flexibility index (Phi) is 4.33. The molecule has 1 aliphatic carbocycles. The van der Waals surface area contributed by atoms with Gasteiger partial charge in [0.1, 0.15) is 11.4 Å². The largest absolute Gasteiger partial charge is 0.478 e. The van der Waals surface area contributed by atoms with E-state index in [9.17, 15) is 9.90 Å². The molecule has 0 saturated heterocycles. The lowest BCUT2D eigenvalue weighted by Gasteiger charge is -2.25. The van der Waals surface area contributed by atoms with E-state index >= 15 is 0 Å². The van der Waals surface area contributed by atoms with Crippen molar-refractivity contribution >= 4 is 11.8 Å². The second-order valence-corrected chi connectivity index (χ2v) is 5.81. The van der Waals surface area contributed by atoms with Gasteiger partial charge in [-0.1, -0.05) is 30.3 Å². The summed E-state index contributed by atoms with van der Waals surface area (Å²) >= 11 is 0. The Morgan fingerprint density at radius 2 is 1.87 bits per heavy atom. The topological polar surface area (TPSA) is 53.4 Å². The number of carboxylic acids is 1. The maximum Gasteiger partial charge on any atom is 0.340 e. The van der Waals surface area contributed by atoms with Crippen LogP contribution in [0.1, 0.15) is 41.9 Å². The van der Waals surface area contributed by atoms with Crippen molar-refractivity contribution in [3.63, 3.8) is 0 Å². The summed E-state index contributed by atoms with van der Waals surface area (Å²) in [6, 6.07) is 9.86. The van der Waals surface area contributed by atoms with Crippen molar-refractivity contribution in [2.45, 2.75) is 33.1 Å². The minimum Gasteiger partial charge on any atom is -0.478 e. The third kappa shape index (κ3) is 2.69. The van der Waals surface area contributed by atoms with Gasteiger partial charge in [-0.25, -0.2) is 9.78 Å². The number of aromatic carboxylic acids is 1. The van der Waals surface area contributed by atoms with Gasteiger partial charge in [0.15, 0.2) is 0 Å². The van der Waals surface area contributed by atoms with Crippen LogP contribution < -0.4 is 4.90 Å². The van der Waals surface area contributed by atoms with Crippen LogP contribution in [-0.4, -0.2) is 29.1 Å². The smallest absolute Gasteiger partial charge is 0.340 e. The molecule has 2 aromatic rings. The van der Waals surface area contributed by atoms with Crippen molar-refractivity contribution in [2.75, 3.05) is 18.0 Å². The van der Waals surface area contributed by atoms with Crippen LogP contribution in [0.4, 0.5) is 5.82 Å². The van der Waals surface area contributed by atoms with Gasteiger partial charge in [0.05, 0.1) is 0 Å². The number of fused-ring (bicyclic) bond motifs is 1. The standard InChI is InChI=1S/C19H22N2O2/c1-3-21(4-2)18-17(19(22)23)16(13-9-6-5-7-10-13)14-11-8-12-15(14)20-18/h5-7,9-10H,3-4,8,11-12H2,1-2H3,(H,22,23). The van der Waals surface area contributed by atoms with Crippen molar-refractivity contribution in [2.24, 2.45) is 0 Å². The third-order valence-corrected chi connectivity index (χ3v) is 4.54. The van der Waals surface area contributed by atoms with Crippen molar-refractivity contribution in [1.82, 2.24) is 4.98 Å². The summed E-state index contributed by atoms with van der Waals surface area (Å²) in [4.78, 5) is 18.9. The van der Waals surface area contributed by atoms with Crippen LogP contribution >= 0.6 is 0 Å². The molecule has 23 heavy (non-hydrogen) atoms. The monoisotopic (exact) mass is 310 g/mol. The molecule has 0 radical (unpaired) electrons. The lowest BCUT2D eigenvalue weighted by atomic mass is 9.94. The Morgan fingerprint density at radius 1 is 1.17 bits per heavy atom. The van der Waals surface area contributed by atoms with E-state index in [0.29, 0.717) is 11.4 Å². The van der Waals surface area contributed by atoms with Crippen molar-refractivity contribution in [3.8, 4) is 11.1 Å². The number of pyridine rings is 1. The number of carboxylic acid groups (broad SMARTS) is 1.